The lowest BCUT2D eigenvalue weighted by atomic mass is 10.0. The van der Waals surface area contributed by atoms with E-state index in [9.17, 15) is 0 Å². The topological polar surface area (TPSA) is 88.1 Å². The summed E-state index contributed by atoms with van der Waals surface area (Å²) in [5, 5.41) is 12.0. The number of hydrogen-bond acceptors (Lipinski definition) is 6. The maximum Gasteiger partial charge on any atom is 0.184 e. The van der Waals surface area contributed by atoms with Gasteiger partial charge in [-0.1, -0.05) is 0 Å². The molecule has 1 fully saturated rings. The van der Waals surface area contributed by atoms with Gasteiger partial charge in [0.25, 0.3) is 0 Å². The summed E-state index contributed by atoms with van der Waals surface area (Å²) in [7, 11) is 1.62. The molecular weight excluding hydrogens is 270 g/mol. The smallest absolute Gasteiger partial charge is 0.184 e. The minimum absolute atomic E-state index is 0.227. The van der Waals surface area contributed by atoms with Gasteiger partial charge < -0.3 is 15.2 Å². The second-order valence-electron chi connectivity index (χ2n) is 5.26. The van der Waals surface area contributed by atoms with Crippen LogP contribution in [0.3, 0.4) is 0 Å². The van der Waals surface area contributed by atoms with Crippen LogP contribution >= 0.6 is 0 Å². The standard InChI is InChI=1S/C14H19N5O2/c1-9-10(5-6-21-9)8-19-14(16-17-18-19)12-7-11(20-2)3-4-13(12)15/h3-4,7,9-10H,5-6,8,15H2,1-2H3. The van der Waals surface area contributed by atoms with E-state index in [0.29, 0.717) is 17.4 Å². The van der Waals surface area contributed by atoms with Crippen molar-refractivity contribution >= 4 is 5.69 Å². The molecule has 0 amide bonds. The van der Waals surface area contributed by atoms with Gasteiger partial charge in [-0.15, -0.1) is 5.10 Å². The van der Waals surface area contributed by atoms with E-state index >= 15 is 0 Å². The molecule has 1 aromatic carbocycles. The number of tetrazole rings is 1. The number of hydrogen-bond donors (Lipinski definition) is 1. The number of nitrogens with zero attached hydrogens (tertiary/aromatic N) is 4. The van der Waals surface area contributed by atoms with Crippen LogP contribution in [-0.2, 0) is 11.3 Å². The van der Waals surface area contributed by atoms with Crippen LogP contribution in [0.15, 0.2) is 18.2 Å². The Morgan fingerprint density at radius 3 is 3.05 bits per heavy atom. The first kappa shape index (κ1) is 13.8. The number of aromatic nitrogens is 4. The van der Waals surface area contributed by atoms with E-state index in [1.165, 1.54) is 0 Å². The molecule has 1 aliphatic rings. The van der Waals surface area contributed by atoms with Crippen molar-refractivity contribution in [3.8, 4) is 17.1 Å². The predicted molar refractivity (Wildman–Crippen MR) is 77.7 cm³/mol. The van der Waals surface area contributed by atoms with E-state index < -0.39 is 0 Å². The van der Waals surface area contributed by atoms with Gasteiger partial charge in [-0.25, -0.2) is 4.68 Å². The van der Waals surface area contributed by atoms with Gasteiger partial charge in [0.2, 0.25) is 0 Å². The summed E-state index contributed by atoms with van der Waals surface area (Å²) in [4.78, 5) is 0. The second-order valence-corrected chi connectivity index (χ2v) is 5.26. The van der Waals surface area contributed by atoms with Crippen molar-refractivity contribution in [1.29, 1.82) is 0 Å². The van der Waals surface area contributed by atoms with Gasteiger partial charge in [0, 0.05) is 23.8 Å². The summed E-state index contributed by atoms with van der Waals surface area (Å²) in [6.45, 7) is 3.60. The van der Waals surface area contributed by atoms with Crippen molar-refractivity contribution < 1.29 is 9.47 Å². The molecule has 2 atom stereocenters. The van der Waals surface area contributed by atoms with Crippen molar-refractivity contribution in [2.24, 2.45) is 5.92 Å². The Kier molecular flexibility index (Phi) is 3.74. The zero-order valence-electron chi connectivity index (χ0n) is 12.2. The van der Waals surface area contributed by atoms with E-state index in [1.807, 2.05) is 12.1 Å². The normalized spacial score (nSPS) is 21.6. The lowest BCUT2D eigenvalue weighted by molar-refractivity contribution is 0.101. The van der Waals surface area contributed by atoms with Gasteiger partial charge in [0.05, 0.1) is 19.8 Å². The molecule has 0 bridgehead atoms. The van der Waals surface area contributed by atoms with Gasteiger partial charge in [-0.3, -0.25) is 0 Å². The average molecular weight is 289 g/mol. The fourth-order valence-electron chi connectivity index (χ4n) is 2.61. The first-order chi connectivity index (χ1) is 10.2. The third kappa shape index (κ3) is 2.69. The molecule has 0 aliphatic carbocycles. The Hall–Kier alpha value is -2.15. The maximum absolute atomic E-state index is 6.05. The quantitative estimate of drug-likeness (QED) is 0.855. The molecule has 3 rings (SSSR count). The van der Waals surface area contributed by atoms with Gasteiger partial charge in [-0.05, 0) is 42.0 Å². The average Bonchev–Trinajstić information content (AvgIpc) is 3.10. The highest BCUT2D eigenvalue weighted by Crippen LogP contribution is 2.29. The summed E-state index contributed by atoms with van der Waals surface area (Å²) < 4.78 is 12.6. The highest BCUT2D eigenvalue weighted by molar-refractivity contribution is 5.73. The second kappa shape index (κ2) is 5.69. The largest absolute Gasteiger partial charge is 0.497 e. The summed E-state index contributed by atoms with van der Waals surface area (Å²) in [5.74, 6) is 1.80. The van der Waals surface area contributed by atoms with Crippen molar-refractivity contribution in [2.45, 2.75) is 26.0 Å². The Labute approximate surface area is 123 Å². The molecule has 2 aromatic rings. The number of ether oxygens (including phenoxy) is 2. The zero-order valence-corrected chi connectivity index (χ0v) is 12.2. The van der Waals surface area contributed by atoms with Crippen molar-refractivity contribution in [3.05, 3.63) is 18.2 Å². The molecule has 7 heteroatoms. The van der Waals surface area contributed by atoms with E-state index in [2.05, 4.69) is 22.4 Å². The van der Waals surface area contributed by atoms with Crippen LogP contribution < -0.4 is 10.5 Å². The molecule has 1 aromatic heterocycles. The van der Waals surface area contributed by atoms with E-state index in [4.69, 9.17) is 15.2 Å². The molecule has 2 unspecified atom stereocenters. The van der Waals surface area contributed by atoms with Crippen LogP contribution in [0.1, 0.15) is 13.3 Å². The SMILES string of the molecule is COc1ccc(N)c(-c2nnnn2CC2CCOC2C)c1. The summed E-state index contributed by atoms with van der Waals surface area (Å²) >= 11 is 0. The number of nitrogen functional groups attached to an aromatic ring is 1. The Morgan fingerprint density at radius 2 is 2.33 bits per heavy atom. The molecule has 1 aliphatic heterocycles. The van der Waals surface area contributed by atoms with Crippen LogP contribution in [0.4, 0.5) is 5.69 Å². The monoisotopic (exact) mass is 289 g/mol. The maximum atomic E-state index is 6.05. The third-order valence-corrected chi connectivity index (χ3v) is 3.97. The number of anilines is 1. The van der Waals surface area contributed by atoms with E-state index in [1.54, 1.807) is 17.9 Å². The summed E-state index contributed by atoms with van der Waals surface area (Å²) in [6, 6.07) is 5.47. The van der Waals surface area contributed by atoms with E-state index in [0.717, 1.165) is 30.9 Å². The molecule has 7 nitrogen and oxygen atoms in total. The highest BCUT2D eigenvalue weighted by Gasteiger charge is 2.26. The first-order valence-electron chi connectivity index (χ1n) is 7.00. The molecular formula is C14H19N5O2. The van der Waals surface area contributed by atoms with Crippen LogP contribution in [0.2, 0.25) is 0 Å². The van der Waals surface area contributed by atoms with Gasteiger partial charge >= 0.3 is 0 Å². The molecule has 112 valence electrons. The highest BCUT2D eigenvalue weighted by atomic mass is 16.5. The minimum atomic E-state index is 0.227. The predicted octanol–water partition coefficient (Wildman–Crippen LogP) is 1.36. The fraction of sp³-hybridized carbons (Fsp3) is 0.500. The molecule has 1 saturated heterocycles. The number of benzene rings is 1. The van der Waals surface area contributed by atoms with Crippen LogP contribution in [0, 0.1) is 5.92 Å². The van der Waals surface area contributed by atoms with Gasteiger partial charge in [-0.2, -0.15) is 0 Å². The van der Waals surface area contributed by atoms with Crippen LogP contribution in [0.5, 0.6) is 5.75 Å². The Bertz CT molecular complexity index is 628. The molecule has 2 heterocycles. The molecule has 0 spiro atoms. The number of methoxy groups -OCH3 is 1. The summed E-state index contributed by atoms with van der Waals surface area (Å²) in [5.41, 5.74) is 7.46. The lowest BCUT2D eigenvalue weighted by Crippen LogP contribution is -2.19. The van der Waals surface area contributed by atoms with Crippen LogP contribution in [0.25, 0.3) is 11.4 Å². The number of nitrogens with two attached hydrogens (primary N) is 1. The van der Waals surface area contributed by atoms with Crippen molar-refractivity contribution in [2.75, 3.05) is 19.5 Å². The van der Waals surface area contributed by atoms with Gasteiger partial charge in [0.1, 0.15) is 5.75 Å². The Morgan fingerprint density at radius 1 is 1.48 bits per heavy atom. The van der Waals surface area contributed by atoms with Crippen molar-refractivity contribution in [1.82, 2.24) is 20.2 Å². The lowest BCUT2D eigenvalue weighted by Gasteiger charge is -2.15. The van der Waals surface area contributed by atoms with E-state index in [-0.39, 0.29) is 6.10 Å². The molecule has 21 heavy (non-hydrogen) atoms. The van der Waals surface area contributed by atoms with Crippen molar-refractivity contribution in [3.63, 3.8) is 0 Å². The first-order valence-corrected chi connectivity index (χ1v) is 7.00. The van der Waals surface area contributed by atoms with Gasteiger partial charge in [0.15, 0.2) is 5.82 Å². The fourth-order valence-corrected chi connectivity index (χ4v) is 2.61. The third-order valence-electron chi connectivity index (χ3n) is 3.97. The molecule has 2 N–H and O–H groups in total. The molecule has 0 saturated carbocycles. The molecule has 0 radical (unpaired) electrons. The minimum Gasteiger partial charge on any atom is -0.497 e. The summed E-state index contributed by atoms with van der Waals surface area (Å²) in [6.07, 6.45) is 1.25. The number of rotatable bonds is 4. The zero-order chi connectivity index (χ0) is 14.8. The Balaban J connectivity index is 1.91. The van der Waals surface area contributed by atoms with Crippen LogP contribution in [-0.4, -0.2) is 40.0 Å².